The fourth-order valence-corrected chi connectivity index (χ4v) is 10.4. The summed E-state index contributed by atoms with van der Waals surface area (Å²) in [4.78, 5) is 55.5. The first kappa shape index (κ1) is 61.4. The second-order valence-corrected chi connectivity index (χ2v) is 23.0. The van der Waals surface area contributed by atoms with Gasteiger partial charge in [0.05, 0.1) is 44.7 Å². The zero-order valence-electron chi connectivity index (χ0n) is 47.0. The maximum atomic E-state index is 12.5. The fourth-order valence-electron chi connectivity index (χ4n) is 10.4. The van der Waals surface area contributed by atoms with Crippen LogP contribution in [0, 0.1) is 11.8 Å². The van der Waals surface area contributed by atoms with Crippen LogP contribution in [0.4, 0.5) is 25.2 Å². The molecule has 6 aliphatic rings. The van der Waals surface area contributed by atoms with Crippen LogP contribution in [0.3, 0.4) is 0 Å². The fraction of sp³-hybridized carbons (Fsp3) is 0.327. The molecule has 16 rings (SSSR count). The molecule has 456 valence electrons. The zero-order chi connectivity index (χ0) is 61.4. The van der Waals surface area contributed by atoms with Crippen molar-refractivity contribution in [2.75, 3.05) is 67.5 Å². The van der Waals surface area contributed by atoms with E-state index in [0.717, 1.165) is 56.8 Å². The molecule has 10 aromatic rings. The number of para-hydroxylation sites is 5. The molecule has 5 aromatic carbocycles. The first-order valence-corrected chi connectivity index (χ1v) is 29.2. The van der Waals surface area contributed by atoms with E-state index in [-0.39, 0.29) is 23.3 Å². The number of carbonyl (C=O) groups excluding carboxylic acids is 2. The second-order valence-electron chi connectivity index (χ2n) is 21.1. The summed E-state index contributed by atoms with van der Waals surface area (Å²) in [5.41, 5.74) is 12.0. The summed E-state index contributed by atoms with van der Waals surface area (Å²) in [6, 6.07) is 38.5. The van der Waals surface area contributed by atoms with Crippen molar-refractivity contribution in [2.45, 2.75) is 37.8 Å². The number of aromatic carboxylic acids is 1. The molecule has 0 aliphatic carbocycles. The van der Waals surface area contributed by atoms with Crippen LogP contribution in [-0.2, 0) is 0 Å². The number of carbonyl (C=O) groups is 3. The molecule has 11 heterocycles. The number of benzene rings is 5. The summed E-state index contributed by atoms with van der Waals surface area (Å²) < 4.78 is 61.1. The Balaban J connectivity index is 0.000000128. The molecule has 0 spiro atoms. The third kappa shape index (κ3) is 16.2. The number of fused-ring (bicyclic) bond motifs is 11. The van der Waals surface area contributed by atoms with Gasteiger partial charge in [0.1, 0.15) is 22.1 Å². The first-order chi connectivity index (χ1) is 40.8. The molecule has 31 heteroatoms. The number of nitrogens with one attached hydrogen (secondary N) is 4. The molecule has 1 amide bonds. The topological polar surface area (TPSA) is 288 Å². The third-order valence-electron chi connectivity index (χ3n) is 14.4. The van der Waals surface area contributed by atoms with Gasteiger partial charge in [-0.3, -0.25) is 24.9 Å². The van der Waals surface area contributed by atoms with Crippen molar-refractivity contribution in [2.24, 2.45) is 17.6 Å². The maximum absolute atomic E-state index is 12.5. The van der Waals surface area contributed by atoms with Crippen LogP contribution in [0.25, 0.3) is 54.8 Å². The van der Waals surface area contributed by atoms with Gasteiger partial charge in [-0.2, -0.15) is 15.3 Å². The van der Waals surface area contributed by atoms with Crippen molar-refractivity contribution in [3.8, 4) is 0 Å². The number of amides is 1. The number of hydrogen-bond acceptors (Lipinski definition) is 15. The molecule has 6 fully saturated rings. The van der Waals surface area contributed by atoms with Crippen molar-refractivity contribution >= 4 is 86.5 Å². The molecular weight excluding hydrogens is 1150 g/mol. The van der Waals surface area contributed by atoms with Crippen molar-refractivity contribution < 1.29 is 58.9 Å². The van der Waals surface area contributed by atoms with E-state index in [2.05, 4.69) is 66.3 Å². The molecule has 86 heavy (non-hydrogen) atoms. The molecule has 5 aromatic heterocycles. The van der Waals surface area contributed by atoms with Crippen LogP contribution in [0.2, 0.25) is 0 Å². The Kier molecular flexibility index (Phi) is 18.0. The molecule has 6 aliphatic heterocycles. The standard InChI is InChI=1S/C15H18N4O.C14H9N5O2.C11H16N5O.C8H6N2O2.C7H14N2.F6P/c20-15(14-11-3-1-2-4-12(11)17-18-14)16-13-9-19-7-5-10(13)6-8-19;20-14(13-9-5-1-2-6-10(9)15-17-13)21-19-12-8-4-3-7-11(12)16-18-19;1-14(2)11(15(3)4)17-16-10-8-6-5-7-9(10)12-13-16;11-8(12)7-5-3-1-2-4-6(5)9-10-7;8-7-5-9-3-1-6(7)2-4-9;1-7(2,3,4,5)6/h1-4,10,13H,5-9H2,(H,16,20)(H,17,18);1-8H,(H,15,17);5-8H,1-4H3;1-4H,(H,9,10)(H,11,12);6-7H,1-5,8H2;/q;;+1;;;-1/t13-;;;;7-;/m1...1./s1. The van der Waals surface area contributed by atoms with Gasteiger partial charge < -0.3 is 30.8 Å². The number of carboxylic acids is 1. The molecule has 7 N–H and O–H groups in total. The van der Waals surface area contributed by atoms with E-state index in [4.69, 9.17) is 20.5 Å². The van der Waals surface area contributed by atoms with E-state index >= 15 is 0 Å². The Morgan fingerprint density at radius 1 is 0.605 bits per heavy atom. The van der Waals surface area contributed by atoms with Crippen molar-refractivity contribution in [1.29, 1.82) is 0 Å². The largest absolute Gasteiger partial charge is 0.476 e. The Morgan fingerprint density at radius 3 is 1.43 bits per heavy atom. The number of H-pyrrole nitrogens is 3. The van der Waals surface area contributed by atoms with E-state index < -0.39 is 19.7 Å². The number of aromatic amines is 3. The number of amidine groups is 1. The van der Waals surface area contributed by atoms with Crippen molar-refractivity contribution in [3.63, 3.8) is 0 Å². The minimum absolute atomic E-state index is 0.0544. The van der Waals surface area contributed by atoms with Crippen LogP contribution in [0.5, 0.6) is 0 Å². The van der Waals surface area contributed by atoms with Crippen LogP contribution < -0.4 is 20.7 Å². The van der Waals surface area contributed by atoms with Gasteiger partial charge in [-0.1, -0.05) is 88.6 Å². The first-order valence-electron chi connectivity index (χ1n) is 27.2. The number of nitrogens with two attached hydrogens (primary N) is 1. The average Bonchev–Trinajstić information content (AvgIpc) is 2.45. The molecule has 4 bridgehead atoms. The predicted octanol–water partition coefficient (Wildman–Crippen LogP) is 7.70. The second kappa shape index (κ2) is 25.2. The van der Waals surface area contributed by atoms with Crippen LogP contribution in [0.1, 0.15) is 57.1 Å². The van der Waals surface area contributed by atoms with Gasteiger partial charge in [0.25, 0.3) is 5.91 Å². The van der Waals surface area contributed by atoms with Crippen LogP contribution >= 0.6 is 7.81 Å². The molecule has 0 unspecified atom stereocenters. The summed E-state index contributed by atoms with van der Waals surface area (Å²) in [5, 5.41) is 50.0. The minimum atomic E-state index is -10.7. The van der Waals surface area contributed by atoms with Gasteiger partial charge in [0.15, 0.2) is 17.1 Å². The number of carboxylic acid groups (broad SMARTS) is 1. The average molecular weight is 1220 g/mol. The van der Waals surface area contributed by atoms with E-state index in [0.29, 0.717) is 45.5 Å². The van der Waals surface area contributed by atoms with E-state index in [1.807, 2.05) is 123 Å². The van der Waals surface area contributed by atoms with Crippen LogP contribution in [-0.4, -0.2) is 189 Å². The summed E-state index contributed by atoms with van der Waals surface area (Å²) in [5.74, 6) is -0.166. The monoisotopic (exact) mass is 1220 g/mol. The number of halogens is 6. The van der Waals surface area contributed by atoms with Gasteiger partial charge in [-0.25, -0.2) is 19.1 Å². The van der Waals surface area contributed by atoms with Gasteiger partial charge in [0.2, 0.25) is 0 Å². The Bertz CT molecular complexity index is 4010. The summed E-state index contributed by atoms with van der Waals surface area (Å²) in [6.07, 6.45) is 5.10. The normalized spacial score (nSPS) is 19.9. The van der Waals surface area contributed by atoms with Crippen molar-refractivity contribution in [1.82, 2.24) is 80.9 Å². The third-order valence-corrected chi connectivity index (χ3v) is 14.4. The number of aromatic nitrogens is 12. The molecule has 2 atom stereocenters. The van der Waals surface area contributed by atoms with Crippen molar-refractivity contribution in [3.05, 3.63) is 138 Å². The van der Waals surface area contributed by atoms with E-state index in [1.54, 1.807) is 36.4 Å². The van der Waals surface area contributed by atoms with Crippen LogP contribution in [0.15, 0.2) is 121 Å². The number of nitrogens with zero attached hydrogens (tertiary/aromatic N) is 13. The Hall–Kier alpha value is -9.12. The van der Waals surface area contributed by atoms with Gasteiger partial charge in [-0.05, 0) is 117 Å². The zero-order valence-corrected chi connectivity index (χ0v) is 47.9. The molecular formula is C55H63F6N18O6P. The van der Waals surface area contributed by atoms with Gasteiger partial charge in [0, 0.05) is 41.3 Å². The van der Waals surface area contributed by atoms with Gasteiger partial charge in [-0.15, -0.1) is 10.2 Å². The van der Waals surface area contributed by atoms with E-state index in [1.165, 1.54) is 56.7 Å². The predicted molar refractivity (Wildman–Crippen MR) is 310 cm³/mol. The Morgan fingerprint density at radius 2 is 1.01 bits per heavy atom. The number of rotatable bonds is 6. The van der Waals surface area contributed by atoms with Gasteiger partial charge >= 0.3 is 51.0 Å². The Labute approximate surface area is 486 Å². The number of piperidine rings is 6. The molecule has 0 radical (unpaired) electrons. The number of hydrogen-bond donors (Lipinski definition) is 6. The summed E-state index contributed by atoms with van der Waals surface area (Å²) in [7, 11) is -3.01. The summed E-state index contributed by atoms with van der Waals surface area (Å²) in [6.45, 7) is 7.12. The smallest absolute Gasteiger partial charge is 0.386 e. The van der Waals surface area contributed by atoms with E-state index in [9.17, 15) is 39.6 Å². The maximum Gasteiger partial charge on any atom is 0.386 e. The summed E-state index contributed by atoms with van der Waals surface area (Å²) >= 11 is 0. The molecule has 6 saturated heterocycles. The molecule has 24 nitrogen and oxygen atoms in total. The molecule has 0 saturated carbocycles. The minimum Gasteiger partial charge on any atom is -0.476 e. The quantitative estimate of drug-likeness (QED) is 0.0232. The SMILES string of the molecule is CN(C)C(On1nnc2ccccc21)=[N+](C)C.F[P-](F)(F)(F)(F)F.N[C@@H]1CN2CCC1CC2.O=C(N[C@@H]1CN2CCC1CC2)c1n[nH]c2ccccc12.O=C(O)c1n[nH]c2ccccc12.O=C(On1nnc2ccccc21)c1n[nH]c2ccccc12.